The summed E-state index contributed by atoms with van der Waals surface area (Å²) < 4.78 is 0. The van der Waals surface area contributed by atoms with Crippen LogP contribution in [0.25, 0.3) is 10.6 Å². The maximum absolute atomic E-state index is 4.44. The second kappa shape index (κ2) is 5.18. The molecule has 2 rings (SSSR count). The molecule has 0 aromatic carbocycles. The van der Waals surface area contributed by atoms with Gasteiger partial charge in [0.2, 0.25) is 0 Å². The van der Waals surface area contributed by atoms with Gasteiger partial charge in [0.15, 0.2) is 0 Å². The number of thiazole rings is 1. The van der Waals surface area contributed by atoms with E-state index in [9.17, 15) is 0 Å². The average Bonchev–Trinajstić information content (AvgIpc) is 2.75. The van der Waals surface area contributed by atoms with E-state index in [1.807, 2.05) is 24.7 Å². The van der Waals surface area contributed by atoms with Gasteiger partial charge in [0.25, 0.3) is 0 Å². The Balaban J connectivity index is 2.22. The number of nitrogens with one attached hydrogen (secondary N) is 1. The number of pyridine rings is 1. The summed E-state index contributed by atoms with van der Waals surface area (Å²) in [6.45, 7) is 6.07. The fraction of sp³-hybridized carbons (Fsp3) is 0.333. The Kier molecular flexibility index (Phi) is 3.64. The summed E-state index contributed by atoms with van der Waals surface area (Å²) in [4.78, 5) is 9.85. The van der Waals surface area contributed by atoms with Crippen LogP contribution in [0.15, 0.2) is 24.7 Å². The molecule has 0 amide bonds. The highest BCUT2D eigenvalue weighted by Gasteiger charge is 2.06. The Bertz CT molecular complexity index is 465. The molecule has 4 heteroatoms. The fourth-order valence-corrected chi connectivity index (χ4v) is 2.41. The summed E-state index contributed by atoms with van der Waals surface area (Å²) in [6.07, 6.45) is 5.63. The Morgan fingerprint density at radius 1 is 1.38 bits per heavy atom. The van der Waals surface area contributed by atoms with Crippen LogP contribution in [0.5, 0.6) is 0 Å². The van der Waals surface area contributed by atoms with Gasteiger partial charge in [-0.15, -0.1) is 11.3 Å². The van der Waals surface area contributed by atoms with Crippen molar-refractivity contribution in [2.45, 2.75) is 20.4 Å². The lowest BCUT2D eigenvalue weighted by molar-refractivity contribution is 0.734. The molecule has 2 aromatic heterocycles. The van der Waals surface area contributed by atoms with Crippen LogP contribution in [-0.4, -0.2) is 16.5 Å². The average molecular weight is 233 g/mol. The van der Waals surface area contributed by atoms with Crippen molar-refractivity contribution in [2.75, 3.05) is 6.54 Å². The van der Waals surface area contributed by atoms with Crippen LogP contribution >= 0.6 is 11.3 Å². The van der Waals surface area contributed by atoms with Crippen LogP contribution < -0.4 is 5.32 Å². The molecule has 0 unspecified atom stereocenters. The normalized spacial score (nSPS) is 10.6. The molecule has 0 atom stereocenters. The molecular weight excluding hydrogens is 218 g/mol. The zero-order valence-electron chi connectivity index (χ0n) is 9.53. The molecule has 0 fully saturated rings. The summed E-state index contributed by atoms with van der Waals surface area (Å²) in [7, 11) is 0. The maximum atomic E-state index is 4.44. The maximum Gasteiger partial charge on any atom is 0.125 e. The molecule has 1 N–H and O–H groups in total. The van der Waals surface area contributed by atoms with Gasteiger partial charge >= 0.3 is 0 Å². The quantitative estimate of drug-likeness (QED) is 0.882. The van der Waals surface area contributed by atoms with Gasteiger partial charge in [-0.25, -0.2) is 4.98 Å². The predicted octanol–water partition coefficient (Wildman–Crippen LogP) is 2.62. The Labute approximate surface area is 99.6 Å². The molecule has 0 aliphatic heterocycles. The highest BCUT2D eigenvalue weighted by molar-refractivity contribution is 7.15. The largest absolute Gasteiger partial charge is 0.312 e. The summed E-state index contributed by atoms with van der Waals surface area (Å²) in [5.74, 6) is 0. The lowest BCUT2D eigenvalue weighted by Crippen LogP contribution is -2.10. The molecule has 2 heterocycles. The third-order valence-electron chi connectivity index (χ3n) is 2.37. The van der Waals surface area contributed by atoms with E-state index in [0.29, 0.717) is 0 Å². The lowest BCUT2D eigenvalue weighted by atomic mass is 10.2. The molecule has 84 valence electrons. The molecule has 0 aliphatic rings. The molecular formula is C12H15N3S. The van der Waals surface area contributed by atoms with Crippen molar-refractivity contribution in [3.05, 3.63) is 35.1 Å². The van der Waals surface area contributed by atoms with E-state index < -0.39 is 0 Å². The van der Waals surface area contributed by atoms with Crippen molar-refractivity contribution in [1.82, 2.24) is 15.3 Å². The van der Waals surface area contributed by atoms with Crippen LogP contribution in [0.3, 0.4) is 0 Å². The Morgan fingerprint density at radius 3 is 3.00 bits per heavy atom. The number of hydrogen-bond donors (Lipinski definition) is 1. The number of hydrogen-bond acceptors (Lipinski definition) is 4. The zero-order chi connectivity index (χ0) is 11.4. The van der Waals surface area contributed by atoms with Crippen LogP contribution in [-0.2, 0) is 6.54 Å². The monoisotopic (exact) mass is 233 g/mol. The minimum Gasteiger partial charge on any atom is -0.312 e. The van der Waals surface area contributed by atoms with E-state index in [1.165, 1.54) is 10.4 Å². The number of nitrogens with zero attached hydrogens (tertiary/aromatic N) is 2. The smallest absolute Gasteiger partial charge is 0.125 e. The second-order valence-corrected chi connectivity index (χ2v) is 4.72. The molecule has 16 heavy (non-hydrogen) atoms. The summed E-state index contributed by atoms with van der Waals surface area (Å²) in [6, 6.07) is 2.01. The third-order valence-corrected chi connectivity index (χ3v) is 3.40. The van der Waals surface area contributed by atoms with Crippen molar-refractivity contribution in [3.8, 4) is 10.6 Å². The van der Waals surface area contributed by atoms with E-state index >= 15 is 0 Å². The van der Waals surface area contributed by atoms with Gasteiger partial charge in [-0.3, -0.25) is 4.98 Å². The van der Waals surface area contributed by atoms with Crippen molar-refractivity contribution in [3.63, 3.8) is 0 Å². The first-order chi connectivity index (χ1) is 7.81. The van der Waals surface area contributed by atoms with Gasteiger partial charge in [-0.1, -0.05) is 6.92 Å². The van der Waals surface area contributed by atoms with E-state index in [2.05, 4.69) is 29.1 Å². The van der Waals surface area contributed by atoms with Gasteiger partial charge in [-0.05, 0) is 25.1 Å². The number of aryl methyl sites for hydroxylation is 1. The molecule has 0 radical (unpaired) electrons. The van der Waals surface area contributed by atoms with E-state index in [4.69, 9.17) is 0 Å². The topological polar surface area (TPSA) is 37.8 Å². The van der Waals surface area contributed by atoms with E-state index in [1.54, 1.807) is 11.3 Å². The summed E-state index contributed by atoms with van der Waals surface area (Å²) in [5.41, 5.74) is 2.36. The highest BCUT2D eigenvalue weighted by Crippen LogP contribution is 2.26. The third kappa shape index (κ3) is 2.46. The zero-order valence-corrected chi connectivity index (χ0v) is 10.3. The molecule has 0 saturated heterocycles. The minimum absolute atomic E-state index is 0.896. The van der Waals surface area contributed by atoms with Crippen molar-refractivity contribution >= 4 is 11.3 Å². The molecule has 0 bridgehead atoms. The van der Waals surface area contributed by atoms with Crippen LogP contribution in [0.1, 0.15) is 17.4 Å². The van der Waals surface area contributed by atoms with Gasteiger partial charge < -0.3 is 5.32 Å². The first kappa shape index (κ1) is 11.2. The Morgan fingerprint density at radius 2 is 2.25 bits per heavy atom. The van der Waals surface area contributed by atoms with E-state index in [-0.39, 0.29) is 0 Å². The highest BCUT2D eigenvalue weighted by atomic mass is 32.1. The van der Waals surface area contributed by atoms with Gasteiger partial charge in [0.05, 0.1) is 0 Å². The first-order valence-electron chi connectivity index (χ1n) is 5.37. The van der Waals surface area contributed by atoms with Crippen molar-refractivity contribution in [2.24, 2.45) is 0 Å². The van der Waals surface area contributed by atoms with Crippen LogP contribution in [0, 0.1) is 6.92 Å². The second-order valence-electron chi connectivity index (χ2n) is 3.60. The van der Waals surface area contributed by atoms with Crippen molar-refractivity contribution in [1.29, 1.82) is 0 Å². The van der Waals surface area contributed by atoms with E-state index in [0.717, 1.165) is 23.7 Å². The summed E-state index contributed by atoms with van der Waals surface area (Å²) >= 11 is 1.73. The SMILES string of the molecule is CCNCc1cnc(-c2cnccc2C)s1. The molecule has 2 aromatic rings. The molecule has 0 aliphatic carbocycles. The predicted molar refractivity (Wildman–Crippen MR) is 67.5 cm³/mol. The van der Waals surface area contributed by atoms with Gasteiger partial charge in [-0.2, -0.15) is 0 Å². The van der Waals surface area contributed by atoms with Gasteiger partial charge in [0, 0.05) is 35.6 Å². The minimum atomic E-state index is 0.896. The first-order valence-corrected chi connectivity index (χ1v) is 6.19. The molecule has 0 spiro atoms. The number of aromatic nitrogens is 2. The van der Waals surface area contributed by atoms with Crippen LogP contribution in [0.2, 0.25) is 0 Å². The van der Waals surface area contributed by atoms with Gasteiger partial charge in [0.1, 0.15) is 5.01 Å². The Hall–Kier alpha value is -1.26. The lowest BCUT2D eigenvalue weighted by Gasteiger charge is -1.99. The number of rotatable bonds is 4. The molecule has 3 nitrogen and oxygen atoms in total. The molecule has 0 saturated carbocycles. The standard InChI is InChI=1S/C12H15N3S/c1-3-13-6-10-7-15-12(16-10)11-8-14-5-4-9(11)2/h4-5,7-8,13H,3,6H2,1-2H3. The van der Waals surface area contributed by atoms with Crippen LogP contribution in [0.4, 0.5) is 0 Å². The summed E-state index contributed by atoms with van der Waals surface area (Å²) in [5, 5.41) is 4.35. The van der Waals surface area contributed by atoms with Crippen molar-refractivity contribution < 1.29 is 0 Å². The fourth-order valence-electron chi connectivity index (χ4n) is 1.45.